The van der Waals surface area contributed by atoms with Gasteiger partial charge in [-0.25, -0.2) is 14.6 Å². The summed E-state index contributed by atoms with van der Waals surface area (Å²) in [7, 11) is 0. The molecule has 8 nitrogen and oxygen atoms in total. The predicted molar refractivity (Wildman–Crippen MR) is 91.7 cm³/mol. The number of aryl methyl sites for hydroxylation is 1. The van der Waals surface area contributed by atoms with Crippen LogP contribution in [0.2, 0.25) is 0 Å². The van der Waals surface area contributed by atoms with Gasteiger partial charge >= 0.3 is 11.9 Å². The Morgan fingerprint density at radius 1 is 1.38 bits per heavy atom. The summed E-state index contributed by atoms with van der Waals surface area (Å²) < 4.78 is 6.48. The van der Waals surface area contributed by atoms with Crippen LogP contribution in [0.5, 0.6) is 5.75 Å². The van der Waals surface area contributed by atoms with Crippen LogP contribution in [-0.4, -0.2) is 33.4 Å². The number of carbonyl (C=O) groups excluding carboxylic acids is 1. The summed E-state index contributed by atoms with van der Waals surface area (Å²) in [5, 5.41) is 18.7. The third-order valence-electron chi connectivity index (χ3n) is 3.36. The van der Waals surface area contributed by atoms with Crippen molar-refractivity contribution in [3.8, 4) is 23.2 Å². The predicted octanol–water partition coefficient (Wildman–Crippen LogP) is 2.44. The number of carbonyl (C=O) groups is 2. The van der Waals surface area contributed by atoms with Gasteiger partial charge in [-0.15, -0.1) is 4.73 Å². The van der Waals surface area contributed by atoms with Gasteiger partial charge in [0.05, 0.1) is 17.9 Å². The van der Waals surface area contributed by atoms with Crippen molar-refractivity contribution < 1.29 is 24.3 Å². The van der Waals surface area contributed by atoms with Crippen molar-refractivity contribution in [2.24, 2.45) is 5.92 Å². The maximum absolute atomic E-state index is 11.5. The summed E-state index contributed by atoms with van der Waals surface area (Å²) in [4.78, 5) is 32.0. The van der Waals surface area contributed by atoms with Crippen molar-refractivity contribution in [3.63, 3.8) is 0 Å². The Bertz CT molecular complexity index is 893. The van der Waals surface area contributed by atoms with E-state index in [4.69, 9.17) is 9.57 Å². The number of hydrogen-bond acceptors (Lipinski definition) is 6. The minimum Gasteiger partial charge on any atom is -0.492 e. The number of hydrogen-bond donors (Lipinski definition) is 1. The van der Waals surface area contributed by atoms with E-state index in [-0.39, 0.29) is 22.8 Å². The van der Waals surface area contributed by atoms with E-state index in [2.05, 4.69) is 4.98 Å². The number of ether oxygens (including phenoxy) is 1. The topological polar surface area (TPSA) is 114 Å². The van der Waals surface area contributed by atoms with Crippen LogP contribution in [-0.2, 0) is 4.79 Å². The number of benzene rings is 1. The highest BCUT2D eigenvalue weighted by Gasteiger charge is 2.24. The first kappa shape index (κ1) is 19.0. The number of rotatable bonds is 6. The lowest BCUT2D eigenvalue weighted by atomic mass is 10.1. The molecule has 0 fully saturated rings. The first-order valence-corrected chi connectivity index (χ1v) is 7.93. The van der Waals surface area contributed by atoms with Crippen molar-refractivity contribution in [2.45, 2.75) is 27.7 Å². The van der Waals surface area contributed by atoms with Gasteiger partial charge in [-0.1, -0.05) is 13.8 Å². The molecular formula is C18H19N3O5. The molecule has 0 aliphatic heterocycles. The summed E-state index contributed by atoms with van der Waals surface area (Å²) in [6.45, 7) is 7.10. The van der Waals surface area contributed by atoms with Gasteiger partial charge in [0.2, 0.25) is 0 Å². The molecule has 136 valence electrons. The second-order valence-electron chi connectivity index (χ2n) is 6.08. The molecule has 8 heteroatoms. The lowest BCUT2D eigenvalue weighted by molar-refractivity contribution is -0.141. The van der Waals surface area contributed by atoms with Crippen LogP contribution in [0.25, 0.3) is 11.4 Å². The van der Waals surface area contributed by atoms with E-state index in [0.29, 0.717) is 23.8 Å². The van der Waals surface area contributed by atoms with E-state index >= 15 is 0 Å². The average molecular weight is 357 g/mol. The first-order chi connectivity index (χ1) is 12.2. The third-order valence-corrected chi connectivity index (χ3v) is 3.36. The summed E-state index contributed by atoms with van der Waals surface area (Å²) >= 11 is 0. The molecule has 0 atom stereocenters. The van der Waals surface area contributed by atoms with E-state index in [1.165, 1.54) is 13.0 Å². The Kier molecular flexibility index (Phi) is 5.62. The molecule has 1 heterocycles. The van der Waals surface area contributed by atoms with Crippen LogP contribution >= 0.6 is 0 Å². The number of aromatic nitrogens is 2. The van der Waals surface area contributed by atoms with Gasteiger partial charge in [0, 0.05) is 12.5 Å². The number of nitriles is 1. The molecule has 0 amide bonds. The third kappa shape index (κ3) is 4.00. The SMILES string of the molecule is CC(=O)On1c(-c2ccc(OCC(C)C)c(C#N)c2)nc(C)c1C(=O)O. The largest absolute Gasteiger partial charge is 0.492 e. The van der Waals surface area contributed by atoms with E-state index in [1.54, 1.807) is 12.1 Å². The number of carboxylic acids is 1. The molecule has 2 rings (SSSR count). The fourth-order valence-electron chi connectivity index (χ4n) is 2.29. The lowest BCUT2D eigenvalue weighted by Crippen LogP contribution is -2.22. The van der Waals surface area contributed by atoms with E-state index in [0.717, 1.165) is 11.7 Å². The first-order valence-electron chi connectivity index (χ1n) is 7.93. The zero-order chi connectivity index (χ0) is 19.4. The molecule has 0 aliphatic rings. The van der Waals surface area contributed by atoms with Crippen molar-refractivity contribution >= 4 is 11.9 Å². The Labute approximate surface area is 150 Å². The Balaban J connectivity index is 2.54. The minimum atomic E-state index is -1.28. The molecule has 0 spiro atoms. The molecule has 1 N–H and O–H groups in total. The van der Waals surface area contributed by atoms with Gasteiger partial charge in [0.15, 0.2) is 11.5 Å². The van der Waals surface area contributed by atoms with Gasteiger partial charge < -0.3 is 14.7 Å². The second-order valence-corrected chi connectivity index (χ2v) is 6.08. The van der Waals surface area contributed by atoms with Crippen LogP contribution in [0, 0.1) is 24.2 Å². The maximum atomic E-state index is 11.5. The number of nitrogens with zero attached hydrogens (tertiary/aromatic N) is 3. The minimum absolute atomic E-state index is 0.113. The molecule has 0 saturated heterocycles. The van der Waals surface area contributed by atoms with Gasteiger partial charge in [0.25, 0.3) is 0 Å². The van der Waals surface area contributed by atoms with E-state index in [9.17, 15) is 20.0 Å². The van der Waals surface area contributed by atoms with E-state index < -0.39 is 11.9 Å². The lowest BCUT2D eigenvalue weighted by Gasteiger charge is -2.12. The molecule has 0 bridgehead atoms. The number of aromatic carboxylic acids is 1. The molecule has 1 aromatic carbocycles. The Morgan fingerprint density at radius 2 is 2.08 bits per heavy atom. The van der Waals surface area contributed by atoms with Crippen LogP contribution in [0.15, 0.2) is 18.2 Å². The summed E-state index contributed by atoms with van der Waals surface area (Å²) in [5.41, 5.74) is 0.631. The van der Waals surface area contributed by atoms with Crippen molar-refractivity contribution in [1.29, 1.82) is 5.26 Å². The fourth-order valence-corrected chi connectivity index (χ4v) is 2.29. The van der Waals surface area contributed by atoms with Crippen molar-refractivity contribution in [2.75, 3.05) is 6.61 Å². The average Bonchev–Trinajstić information content (AvgIpc) is 2.88. The molecule has 0 aliphatic carbocycles. The highest BCUT2D eigenvalue weighted by molar-refractivity contribution is 5.88. The standard InChI is InChI=1S/C18H19N3O5/c1-10(2)9-25-15-6-5-13(7-14(15)8-19)17-20-11(3)16(18(23)24)21(17)26-12(4)22/h5-7,10H,9H2,1-4H3,(H,23,24). The second kappa shape index (κ2) is 7.70. The normalized spacial score (nSPS) is 10.5. The number of carboxylic acid groups (broad SMARTS) is 1. The molecular weight excluding hydrogens is 338 g/mol. The van der Waals surface area contributed by atoms with Crippen molar-refractivity contribution in [3.05, 3.63) is 35.2 Å². The fraction of sp³-hybridized carbons (Fsp3) is 0.333. The molecule has 1 aromatic heterocycles. The zero-order valence-corrected chi connectivity index (χ0v) is 14.9. The maximum Gasteiger partial charge on any atom is 0.358 e. The molecule has 0 saturated carbocycles. The molecule has 2 aromatic rings. The molecule has 26 heavy (non-hydrogen) atoms. The summed E-state index contributed by atoms with van der Waals surface area (Å²) in [6.07, 6.45) is 0. The highest BCUT2D eigenvalue weighted by atomic mass is 16.7. The monoisotopic (exact) mass is 357 g/mol. The Morgan fingerprint density at radius 3 is 2.62 bits per heavy atom. The van der Waals surface area contributed by atoms with Gasteiger partial charge in [-0.05, 0) is 31.0 Å². The zero-order valence-electron chi connectivity index (χ0n) is 14.9. The van der Waals surface area contributed by atoms with Gasteiger partial charge in [0.1, 0.15) is 11.8 Å². The summed E-state index contributed by atoms with van der Waals surface area (Å²) in [6, 6.07) is 6.80. The highest BCUT2D eigenvalue weighted by Crippen LogP contribution is 2.27. The van der Waals surface area contributed by atoms with Crippen LogP contribution in [0.3, 0.4) is 0 Å². The summed E-state index contributed by atoms with van der Waals surface area (Å²) in [5.74, 6) is -1.14. The molecule has 0 radical (unpaired) electrons. The number of imidazole rings is 1. The van der Waals surface area contributed by atoms with Crippen LogP contribution in [0.1, 0.15) is 42.5 Å². The quantitative estimate of drug-likeness (QED) is 0.844. The van der Waals surface area contributed by atoms with Gasteiger partial charge in [-0.2, -0.15) is 5.26 Å². The van der Waals surface area contributed by atoms with Crippen LogP contribution in [0.4, 0.5) is 0 Å². The molecule has 0 unspecified atom stereocenters. The van der Waals surface area contributed by atoms with Crippen molar-refractivity contribution in [1.82, 2.24) is 9.71 Å². The Hall–Kier alpha value is -3.34. The van der Waals surface area contributed by atoms with Gasteiger partial charge in [-0.3, -0.25) is 0 Å². The van der Waals surface area contributed by atoms with Crippen LogP contribution < -0.4 is 9.57 Å². The smallest absolute Gasteiger partial charge is 0.358 e. The van der Waals surface area contributed by atoms with E-state index in [1.807, 2.05) is 19.9 Å².